The minimum Gasteiger partial charge on any atom is -0.316 e. The summed E-state index contributed by atoms with van der Waals surface area (Å²) in [4.78, 5) is 4.92. The smallest absolute Gasteiger partial charge is 0.0237 e. The van der Waals surface area contributed by atoms with Gasteiger partial charge in [-0.3, -0.25) is 4.90 Å². The van der Waals surface area contributed by atoms with Crippen LogP contribution in [-0.2, 0) is 13.1 Å². The molecule has 1 aromatic rings. The normalized spacial score (nSPS) is 20.8. The van der Waals surface area contributed by atoms with Crippen LogP contribution >= 0.6 is 0 Å². The fraction of sp³-hybridized carbons (Fsp3) is 0.600. The van der Waals surface area contributed by atoms with E-state index in [2.05, 4.69) is 53.5 Å². The monoisotopic (exact) mass is 247 g/mol. The zero-order valence-corrected chi connectivity index (χ0v) is 11.8. The second-order valence-electron chi connectivity index (χ2n) is 5.44. The van der Waals surface area contributed by atoms with E-state index in [-0.39, 0.29) is 0 Å². The largest absolute Gasteiger partial charge is 0.316 e. The van der Waals surface area contributed by atoms with E-state index in [9.17, 15) is 0 Å². The van der Waals surface area contributed by atoms with E-state index < -0.39 is 0 Å². The first-order chi connectivity index (χ1) is 8.70. The molecule has 2 rings (SSSR count). The Morgan fingerprint density at radius 1 is 1.28 bits per heavy atom. The third kappa shape index (κ3) is 3.31. The lowest BCUT2D eigenvalue weighted by Gasteiger charge is -2.21. The fourth-order valence-corrected chi connectivity index (χ4v) is 2.69. The predicted molar refractivity (Wildman–Crippen MR) is 76.6 cm³/mol. The van der Waals surface area contributed by atoms with Crippen molar-refractivity contribution in [2.45, 2.75) is 25.6 Å². The average molecular weight is 247 g/mol. The van der Waals surface area contributed by atoms with Crippen molar-refractivity contribution in [1.82, 2.24) is 15.1 Å². The Kier molecular flexibility index (Phi) is 4.75. The van der Waals surface area contributed by atoms with Crippen molar-refractivity contribution in [3.05, 3.63) is 35.4 Å². The maximum Gasteiger partial charge on any atom is 0.0237 e. The molecule has 18 heavy (non-hydrogen) atoms. The number of benzene rings is 1. The average Bonchev–Trinajstić information content (AvgIpc) is 2.81. The highest BCUT2D eigenvalue weighted by Gasteiger charge is 2.24. The molecule has 3 nitrogen and oxygen atoms in total. The number of nitrogens with one attached hydrogen (secondary N) is 1. The van der Waals surface area contributed by atoms with Crippen molar-refractivity contribution >= 4 is 0 Å². The SMILES string of the molecule is CNCc1ccccc1CN1CCC(N(C)C)C1. The molecule has 0 aliphatic carbocycles. The molecule has 0 saturated carbocycles. The highest BCUT2D eigenvalue weighted by Crippen LogP contribution is 2.18. The second kappa shape index (κ2) is 6.32. The maximum absolute atomic E-state index is 3.25. The third-order valence-corrected chi connectivity index (χ3v) is 3.86. The van der Waals surface area contributed by atoms with E-state index in [0.29, 0.717) is 0 Å². The molecule has 100 valence electrons. The second-order valence-corrected chi connectivity index (χ2v) is 5.44. The van der Waals surface area contributed by atoms with Crippen LogP contribution in [0.15, 0.2) is 24.3 Å². The molecule has 0 aromatic heterocycles. The summed E-state index contributed by atoms with van der Waals surface area (Å²) in [5.41, 5.74) is 2.89. The van der Waals surface area contributed by atoms with E-state index in [0.717, 1.165) is 19.1 Å². The van der Waals surface area contributed by atoms with Crippen molar-refractivity contribution in [3.63, 3.8) is 0 Å². The van der Waals surface area contributed by atoms with E-state index in [4.69, 9.17) is 0 Å². The van der Waals surface area contributed by atoms with Gasteiger partial charge in [0.15, 0.2) is 0 Å². The summed E-state index contributed by atoms with van der Waals surface area (Å²) in [7, 11) is 6.38. The minimum atomic E-state index is 0.724. The van der Waals surface area contributed by atoms with Crippen LogP contribution in [0.4, 0.5) is 0 Å². The van der Waals surface area contributed by atoms with Crippen LogP contribution < -0.4 is 5.32 Å². The van der Waals surface area contributed by atoms with Crippen molar-refractivity contribution in [2.75, 3.05) is 34.2 Å². The molecular formula is C15H25N3. The molecule has 1 heterocycles. The van der Waals surface area contributed by atoms with Crippen molar-refractivity contribution < 1.29 is 0 Å². The Balaban J connectivity index is 1.98. The Labute approximate surface area is 111 Å². The molecule has 1 aromatic carbocycles. The summed E-state index contributed by atoms with van der Waals surface area (Å²) in [5, 5.41) is 3.25. The third-order valence-electron chi connectivity index (χ3n) is 3.86. The fourth-order valence-electron chi connectivity index (χ4n) is 2.69. The van der Waals surface area contributed by atoms with Gasteiger partial charge in [-0.25, -0.2) is 0 Å². The van der Waals surface area contributed by atoms with Gasteiger partial charge in [-0.2, -0.15) is 0 Å². The van der Waals surface area contributed by atoms with E-state index >= 15 is 0 Å². The van der Waals surface area contributed by atoms with Crippen LogP contribution in [0.25, 0.3) is 0 Å². The summed E-state index contributed by atoms with van der Waals surface area (Å²) >= 11 is 0. The molecule has 3 heteroatoms. The molecule has 1 saturated heterocycles. The number of hydrogen-bond acceptors (Lipinski definition) is 3. The van der Waals surface area contributed by atoms with Crippen LogP contribution in [0.2, 0.25) is 0 Å². The van der Waals surface area contributed by atoms with Crippen LogP contribution in [0.1, 0.15) is 17.5 Å². The van der Waals surface area contributed by atoms with Crippen molar-refractivity contribution in [1.29, 1.82) is 0 Å². The van der Waals surface area contributed by atoms with Gasteiger partial charge in [-0.05, 0) is 38.7 Å². The summed E-state index contributed by atoms with van der Waals surface area (Å²) in [5.74, 6) is 0. The van der Waals surface area contributed by atoms with Crippen LogP contribution in [-0.4, -0.2) is 50.1 Å². The minimum absolute atomic E-state index is 0.724. The molecule has 1 fully saturated rings. The molecule has 1 aliphatic heterocycles. The van der Waals surface area contributed by atoms with Gasteiger partial charge >= 0.3 is 0 Å². The lowest BCUT2D eigenvalue weighted by atomic mass is 10.1. The van der Waals surface area contributed by atoms with Gasteiger partial charge in [0.25, 0.3) is 0 Å². The van der Waals surface area contributed by atoms with E-state index in [1.807, 2.05) is 7.05 Å². The number of hydrogen-bond donors (Lipinski definition) is 1. The lowest BCUT2D eigenvalue weighted by Crippen LogP contribution is -2.31. The Hall–Kier alpha value is -0.900. The predicted octanol–water partition coefficient (Wildman–Crippen LogP) is 1.54. The van der Waals surface area contributed by atoms with Gasteiger partial charge < -0.3 is 10.2 Å². The molecule has 0 radical (unpaired) electrons. The highest BCUT2D eigenvalue weighted by molar-refractivity contribution is 5.27. The molecule has 0 spiro atoms. The first-order valence-corrected chi connectivity index (χ1v) is 6.81. The number of likely N-dealkylation sites (N-methyl/N-ethyl adjacent to an activating group) is 1. The van der Waals surface area contributed by atoms with Crippen molar-refractivity contribution in [3.8, 4) is 0 Å². The van der Waals surface area contributed by atoms with Gasteiger partial charge in [-0.15, -0.1) is 0 Å². The molecule has 1 aliphatic rings. The van der Waals surface area contributed by atoms with Gasteiger partial charge in [0.05, 0.1) is 0 Å². The lowest BCUT2D eigenvalue weighted by molar-refractivity contribution is 0.264. The summed E-state index contributed by atoms with van der Waals surface area (Å²) in [6, 6.07) is 9.49. The molecule has 0 amide bonds. The first-order valence-electron chi connectivity index (χ1n) is 6.81. The van der Waals surface area contributed by atoms with Crippen LogP contribution in [0, 0.1) is 0 Å². The van der Waals surface area contributed by atoms with Gasteiger partial charge in [-0.1, -0.05) is 24.3 Å². The zero-order chi connectivity index (χ0) is 13.0. The Morgan fingerprint density at radius 3 is 2.61 bits per heavy atom. The van der Waals surface area contributed by atoms with Gasteiger partial charge in [0.2, 0.25) is 0 Å². The molecule has 1 atom stereocenters. The molecular weight excluding hydrogens is 222 g/mol. The van der Waals surface area contributed by atoms with Crippen LogP contribution in [0.5, 0.6) is 0 Å². The van der Waals surface area contributed by atoms with E-state index in [1.165, 1.54) is 30.6 Å². The quantitative estimate of drug-likeness (QED) is 0.851. The highest BCUT2D eigenvalue weighted by atomic mass is 15.2. The molecule has 1 unspecified atom stereocenters. The van der Waals surface area contributed by atoms with Gasteiger partial charge in [0.1, 0.15) is 0 Å². The Morgan fingerprint density at radius 2 is 2.00 bits per heavy atom. The first kappa shape index (κ1) is 13.5. The number of nitrogens with zero attached hydrogens (tertiary/aromatic N) is 2. The van der Waals surface area contributed by atoms with E-state index in [1.54, 1.807) is 0 Å². The van der Waals surface area contributed by atoms with Gasteiger partial charge in [0, 0.05) is 32.2 Å². The van der Waals surface area contributed by atoms with Crippen molar-refractivity contribution in [2.24, 2.45) is 0 Å². The standard InChI is InChI=1S/C15H25N3/c1-16-10-13-6-4-5-7-14(13)11-18-9-8-15(12-18)17(2)3/h4-7,15-16H,8-12H2,1-3H3. The molecule has 0 bridgehead atoms. The Bertz CT molecular complexity index is 376. The maximum atomic E-state index is 3.25. The number of rotatable bonds is 5. The summed E-state index contributed by atoms with van der Waals surface area (Å²) < 4.78 is 0. The topological polar surface area (TPSA) is 18.5 Å². The summed E-state index contributed by atoms with van der Waals surface area (Å²) in [6.45, 7) is 4.46. The molecule has 1 N–H and O–H groups in total. The summed E-state index contributed by atoms with van der Waals surface area (Å²) in [6.07, 6.45) is 1.29. The number of likely N-dealkylation sites (tertiary alicyclic amines) is 1. The van der Waals surface area contributed by atoms with Crippen LogP contribution in [0.3, 0.4) is 0 Å². The zero-order valence-electron chi connectivity index (χ0n) is 11.8.